The molecule has 1 saturated carbocycles. The molecule has 0 atom stereocenters. The second-order valence-electron chi connectivity index (χ2n) is 5.42. The van der Waals surface area contributed by atoms with Crippen molar-refractivity contribution in [1.29, 1.82) is 0 Å². The summed E-state index contributed by atoms with van der Waals surface area (Å²) in [6.45, 7) is 2.08. The maximum absolute atomic E-state index is 3.61. The molecule has 1 fully saturated rings. The molecule has 18 heavy (non-hydrogen) atoms. The molecular formula is C15H24N2S. The number of likely N-dealkylation sites (N-methyl/N-ethyl adjacent to an activating group) is 1. The van der Waals surface area contributed by atoms with Gasteiger partial charge in [0.1, 0.15) is 0 Å². The summed E-state index contributed by atoms with van der Waals surface area (Å²) in [5, 5.41) is 3.61. The van der Waals surface area contributed by atoms with E-state index in [1.807, 2.05) is 0 Å². The highest BCUT2D eigenvalue weighted by Gasteiger charge is 2.38. The van der Waals surface area contributed by atoms with Crippen molar-refractivity contribution in [3.8, 4) is 0 Å². The molecular weight excluding hydrogens is 240 g/mol. The second-order valence-corrected chi connectivity index (χ2v) is 6.30. The van der Waals surface area contributed by atoms with Crippen molar-refractivity contribution >= 4 is 11.8 Å². The molecule has 1 N–H and O–H groups in total. The topological polar surface area (TPSA) is 15.3 Å². The first-order chi connectivity index (χ1) is 8.66. The Morgan fingerprint density at radius 1 is 1.22 bits per heavy atom. The average molecular weight is 264 g/mol. The van der Waals surface area contributed by atoms with Gasteiger partial charge >= 0.3 is 0 Å². The molecule has 0 aliphatic heterocycles. The SMILES string of the molecule is CSc1ccc(CNCC2(N(C)C)CCC2)cc1. The van der Waals surface area contributed by atoms with Gasteiger partial charge in [-0.25, -0.2) is 0 Å². The van der Waals surface area contributed by atoms with Crippen molar-refractivity contribution < 1.29 is 0 Å². The zero-order valence-corrected chi connectivity index (χ0v) is 12.5. The first-order valence-corrected chi connectivity index (χ1v) is 7.90. The van der Waals surface area contributed by atoms with Crippen molar-refractivity contribution in [2.75, 3.05) is 26.9 Å². The molecule has 1 aromatic rings. The minimum atomic E-state index is 0.416. The molecule has 0 saturated heterocycles. The van der Waals surface area contributed by atoms with Gasteiger partial charge in [0, 0.05) is 23.5 Å². The first-order valence-electron chi connectivity index (χ1n) is 6.67. The third kappa shape index (κ3) is 3.08. The van der Waals surface area contributed by atoms with E-state index in [0.717, 1.165) is 13.1 Å². The molecule has 0 amide bonds. The zero-order valence-electron chi connectivity index (χ0n) is 11.7. The molecule has 1 aliphatic carbocycles. The number of hydrogen-bond acceptors (Lipinski definition) is 3. The van der Waals surface area contributed by atoms with Gasteiger partial charge in [0.25, 0.3) is 0 Å². The number of thioether (sulfide) groups is 1. The van der Waals surface area contributed by atoms with E-state index in [4.69, 9.17) is 0 Å². The van der Waals surface area contributed by atoms with Gasteiger partial charge in [-0.05, 0) is 57.3 Å². The second kappa shape index (κ2) is 6.09. The molecule has 0 radical (unpaired) electrons. The molecule has 0 heterocycles. The molecule has 1 aromatic carbocycles. The summed E-state index contributed by atoms with van der Waals surface area (Å²) < 4.78 is 0. The van der Waals surface area contributed by atoms with Crippen molar-refractivity contribution in [3.63, 3.8) is 0 Å². The fraction of sp³-hybridized carbons (Fsp3) is 0.600. The Morgan fingerprint density at radius 3 is 2.33 bits per heavy atom. The smallest absolute Gasteiger partial charge is 0.0328 e. The third-order valence-electron chi connectivity index (χ3n) is 4.18. The van der Waals surface area contributed by atoms with Crippen molar-refractivity contribution in [2.24, 2.45) is 0 Å². The summed E-state index contributed by atoms with van der Waals surface area (Å²) in [7, 11) is 4.40. The van der Waals surface area contributed by atoms with Crippen LogP contribution in [0.4, 0.5) is 0 Å². The molecule has 0 bridgehead atoms. The number of hydrogen-bond donors (Lipinski definition) is 1. The molecule has 3 heteroatoms. The van der Waals surface area contributed by atoms with E-state index in [2.05, 4.69) is 54.8 Å². The van der Waals surface area contributed by atoms with Gasteiger partial charge in [0.15, 0.2) is 0 Å². The van der Waals surface area contributed by atoms with E-state index in [1.165, 1.54) is 29.7 Å². The average Bonchev–Trinajstić information content (AvgIpc) is 2.33. The van der Waals surface area contributed by atoms with E-state index >= 15 is 0 Å². The Balaban J connectivity index is 1.80. The van der Waals surface area contributed by atoms with Crippen LogP contribution in [-0.4, -0.2) is 37.3 Å². The van der Waals surface area contributed by atoms with Crippen molar-refractivity contribution in [1.82, 2.24) is 10.2 Å². The lowest BCUT2D eigenvalue weighted by atomic mass is 9.75. The molecule has 0 unspecified atom stereocenters. The first kappa shape index (κ1) is 13.9. The Labute approximate surface area is 115 Å². The van der Waals surface area contributed by atoms with Gasteiger partial charge in [0.05, 0.1) is 0 Å². The normalized spacial score (nSPS) is 17.8. The molecule has 100 valence electrons. The van der Waals surface area contributed by atoms with Crippen molar-refractivity contribution in [3.05, 3.63) is 29.8 Å². The van der Waals surface area contributed by atoms with Crippen LogP contribution in [0.5, 0.6) is 0 Å². The van der Waals surface area contributed by atoms with Crippen LogP contribution in [0.3, 0.4) is 0 Å². The van der Waals surface area contributed by atoms with E-state index < -0.39 is 0 Å². The largest absolute Gasteiger partial charge is 0.311 e. The molecule has 2 rings (SSSR count). The lowest BCUT2D eigenvalue weighted by Crippen LogP contribution is -2.56. The van der Waals surface area contributed by atoms with Crippen LogP contribution in [-0.2, 0) is 6.54 Å². The third-order valence-corrected chi connectivity index (χ3v) is 4.92. The molecule has 2 nitrogen and oxygen atoms in total. The predicted molar refractivity (Wildman–Crippen MR) is 80.2 cm³/mol. The monoisotopic (exact) mass is 264 g/mol. The van der Waals surface area contributed by atoms with Gasteiger partial charge < -0.3 is 10.2 Å². The van der Waals surface area contributed by atoms with Crippen LogP contribution in [0.15, 0.2) is 29.2 Å². The van der Waals surface area contributed by atoms with Gasteiger partial charge in [-0.1, -0.05) is 12.1 Å². The standard InChI is InChI=1S/C15H24N2S/c1-17(2)15(9-4-10-15)12-16-11-13-5-7-14(18-3)8-6-13/h5-8,16H,4,9-12H2,1-3H3. The summed E-state index contributed by atoms with van der Waals surface area (Å²) in [5.74, 6) is 0. The Kier molecular flexibility index (Phi) is 4.71. The number of rotatable bonds is 6. The van der Waals surface area contributed by atoms with Gasteiger partial charge in [-0.2, -0.15) is 0 Å². The Morgan fingerprint density at radius 2 is 1.89 bits per heavy atom. The summed E-state index contributed by atoms with van der Waals surface area (Å²) in [6, 6.07) is 8.85. The lowest BCUT2D eigenvalue weighted by molar-refractivity contribution is 0.0598. The van der Waals surface area contributed by atoms with E-state index in [-0.39, 0.29) is 0 Å². The van der Waals surface area contributed by atoms with E-state index in [0.29, 0.717) is 5.54 Å². The van der Waals surface area contributed by atoms with Crippen LogP contribution >= 0.6 is 11.8 Å². The maximum Gasteiger partial charge on any atom is 0.0328 e. The fourth-order valence-corrected chi connectivity index (χ4v) is 2.96. The Bertz CT molecular complexity index is 369. The number of nitrogens with one attached hydrogen (secondary N) is 1. The van der Waals surface area contributed by atoms with E-state index in [9.17, 15) is 0 Å². The van der Waals surface area contributed by atoms with Gasteiger partial charge in [-0.3, -0.25) is 0 Å². The maximum atomic E-state index is 3.61. The van der Waals surface area contributed by atoms with E-state index in [1.54, 1.807) is 11.8 Å². The summed E-state index contributed by atoms with van der Waals surface area (Å²) >= 11 is 1.80. The minimum Gasteiger partial charge on any atom is -0.311 e. The highest BCUT2D eigenvalue weighted by atomic mass is 32.2. The van der Waals surface area contributed by atoms with Crippen LogP contribution in [0.2, 0.25) is 0 Å². The lowest BCUT2D eigenvalue weighted by Gasteiger charge is -2.47. The quantitative estimate of drug-likeness (QED) is 0.795. The number of nitrogens with zero attached hydrogens (tertiary/aromatic N) is 1. The molecule has 0 spiro atoms. The van der Waals surface area contributed by atoms with Crippen LogP contribution in [0.25, 0.3) is 0 Å². The fourth-order valence-electron chi connectivity index (χ4n) is 2.55. The van der Waals surface area contributed by atoms with Crippen LogP contribution in [0, 0.1) is 0 Å². The molecule has 1 aliphatic rings. The van der Waals surface area contributed by atoms with Gasteiger partial charge in [-0.15, -0.1) is 11.8 Å². The molecule has 0 aromatic heterocycles. The van der Waals surface area contributed by atoms with Crippen LogP contribution in [0.1, 0.15) is 24.8 Å². The summed E-state index contributed by atoms with van der Waals surface area (Å²) in [6.07, 6.45) is 6.16. The summed E-state index contributed by atoms with van der Waals surface area (Å²) in [4.78, 5) is 3.72. The highest BCUT2D eigenvalue weighted by molar-refractivity contribution is 7.98. The van der Waals surface area contributed by atoms with Crippen LogP contribution < -0.4 is 5.32 Å². The minimum absolute atomic E-state index is 0.416. The van der Waals surface area contributed by atoms with Gasteiger partial charge in [0.2, 0.25) is 0 Å². The van der Waals surface area contributed by atoms with Crippen molar-refractivity contribution in [2.45, 2.75) is 36.2 Å². The number of benzene rings is 1. The Hall–Kier alpha value is -0.510. The summed E-state index contributed by atoms with van der Waals surface area (Å²) in [5.41, 5.74) is 1.79. The zero-order chi connectivity index (χ0) is 13.0. The highest BCUT2D eigenvalue weighted by Crippen LogP contribution is 2.35. The predicted octanol–water partition coefficient (Wildman–Crippen LogP) is 2.98.